The molecule has 108 valence electrons. The minimum Gasteiger partial charge on any atom is -0.490 e. The summed E-state index contributed by atoms with van der Waals surface area (Å²) in [4.78, 5) is 0. The summed E-state index contributed by atoms with van der Waals surface area (Å²) < 4.78 is 6.14. The molecule has 3 nitrogen and oxygen atoms in total. The molecule has 0 bridgehead atoms. The summed E-state index contributed by atoms with van der Waals surface area (Å²) in [6.45, 7) is 2.28. The number of hydrogen-bond donors (Lipinski definition) is 1. The van der Waals surface area contributed by atoms with Crippen LogP contribution in [0.4, 0.5) is 0 Å². The smallest absolute Gasteiger partial charge is 0.120 e. The van der Waals surface area contributed by atoms with E-state index in [1.165, 1.54) is 37.7 Å². The molecule has 1 N–H and O–H groups in total. The van der Waals surface area contributed by atoms with Gasteiger partial charge in [0, 0.05) is 5.56 Å². The van der Waals surface area contributed by atoms with Crippen molar-refractivity contribution in [3.63, 3.8) is 0 Å². The van der Waals surface area contributed by atoms with Crippen molar-refractivity contribution in [3.05, 3.63) is 29.3 Å². The minimum atomic E-state index is 0.378. The maximum absolute atomic E-state index is 8.95. The molecule has 2 aliphatic carbocycles. The van der Waals surface area contributed by atoms with E-state index in [4.69, 9.17) is 9.94 Å². The van der Waals surface area contributed by atoms with E-state index in [1.54, 1.807) is 0 Å². The van der Waals surface area contributed by atoms with Gasteiger partial charge in [0.1, 0.15) is 5.75 Å². The molecule has 3 rings (SSSR count). The molecule has 1 aromatic rings. The van der Waals surface area contributed by atoms with Gasteiger partial charge in [0.2, 0.25) is 0 Å². The third-order valence-electron chi connectivity index (χ3n) is 4.81. The highest BCUT2D eigenvalue weighted by atomic mass is 16.5. The fourth-order valence-electron chi connectivity index (χ4n) is 3.47. The summed E-state index contributed by atoms with van der Waals surface area (Å²) >= 11 is 0. The average Bonchev–Trinajstić information content (AvgIpc) is 2.90. The van der Waals surface area contributed by atoms with Gasteiger partial charge in [0.15, 0.2) is 0 Å². The van der Waals surface area contributed by atoms with E-state index in [2.05, 4.69) is 18.1 Å². The Kier molecular flexibility index (Phi) is 3.95. The highest BCUT2D eigenvalue weighted by Crippen LogP contribution is 2.31. The summed E-state index contributed by atoms with van der Waals surface area (Å²) in [5.74, 6) is 1.88. The Balaban J connectivity index is 1.65. The van der Waals surface area contributed by atoms with E-state index in [1.807, 2.05) is 12.1 Å². The zero-order valence-corrected chi connectivity index (χ0v) is 12.1. The van der Waals surface area contributed by atoms with Crippen LogP contribution in [-0.4, -0.2) is 17.0 Å². The fourth-order valence-corrected chi connectivity index (χ4v) is 3.47. The van der Waals surface area contributed by atoms with Gasteiger partial charge in [0.05, 0.1) is 11.8 Å². The van der Waals surface area contributed by atoms with Gasteiger partial charge in [-0.15, -0.1) is 0 Å². The van der Waals surface area contributed by atoms with Gasteiger partial charge >= 0.3 is 0 Å². The number of ether oxygens (including phenoxy) is 1. The maximum atomic E-state index is 8.95. The molecule has 0 atom stereocenters. The van der Waals surface area contributed by atoms with Crippen LogP contribution in [0.1, 0.15) is 56.6 Å². The van der Waals surface area contributed by atoms with Crippen LogP contribution in [0, 0.1) is 5.92 Å². The highest BCUT2D eigenvalue weighted by molar-refractivity contribution is 6.04. The lowest BCUT2D eigenvalue weighted by Crippen LogP contribution is -2.23. The first-order valence-electron chi connectivity index (χ1n) is 7.81. The van der Waals surface area contributed by atoms with E-state index in [0.717, 1.165) is 35.8 Å². The molecule has 0 saturated heterocycles. The van der Waals surface area contributed by atoms with E-state index >= 15 is 0 Å². The SMILES string of the molecule is CCC1CCC(Oc2ccc3c(c2)CC/C3=N\O)CC1. The van der Waals surface area contributed by atoms with Crippen LogP contribution in [0.5, 0.6) is 5.75 Å². The Labute approximate surface area is 120 Å². The van der Waals surface area contributed by atoms with Crippen molar-refractivity contribution >= 4 is 5.71 Å². The lowest BCUT2D eigenvalue weighted by molar-refractivity contribution is 0.130. The fraction of sp³-hybridized carbons (Fsp3) is 0.588. The number of benzene rings is 1. The van der Waals surface area contributed by atoms with Gasteiger partial charge in [-0.2, -0.15) is 0 Å². The molecule has 1 aromatic carbocycles. The third-order valence-corrected chi connectivity index (χ3v) is 4.81. The molecule has 0 spiro atoms. The second kappa shape index (κ2) is 5.86. The quantitative estimate of drug-likeness (QED) is 0.663. The van der Waals surface area contributed by atoms with Crippen LogP contribution in [0.3, 0.4) is 0 Å². The van der Waals surface area contributed by atoms with Crippen molar-refractivity contribution in [3.8, 4) is 5.75 Å². The molecule has 0 aromatic heterocycles. The molecule has 0 radical (unpaired) electrons. The standard InChI is InChI=1S/C17H23NO2/c1-2-12-3-6-14(7-4-12)20-15-8-9-16-13(11-15)5-10-17(16)18-19/h8-9,11-12,14,19H,2-7,10H2,1H3/b18-17+. The first-order valence-corrected chi connectivity index (χ1v) is 7.81. The van der Waals surface area contributed by atoms with Gasteiger partial charge in [-0.05, 0) is 68.2 Å². The third kappa shape index (κ3) is 2.67. The van der Waals surface area contributed by atoms with E-state index < -0.39 is 0 Å². The lowest BCUT2D eigenvalue weighted by Gasteiger charge is -2.28. The molecule has 20 heavy (non-hydrogen) atoms. The van der Waals surface area contributed by atoms with Crippen LogP contribution in [0.15, 0.2) is 23.4 Å². The van der Waals surface area contributed by atoms with Crippen LogP contribution in [0.2, 0.25) is 0 Å². The summed E-state index contributed by atoms with van der Waals surface area (Å²) in [5, 5.41) is 12.3. The molecule has 0 unspecified atom stereocenters. The molecule has 1 saturated carbocycles. The first-order chi connectivity index (χ1) is 9.80. The summed E-state index contributed by atoms with van der Waals surface area (Å²) in [6, 6.07) is 6.17. The number of aryl methyl sites for hydroxylation is 1. The van der Waals surface area contributed by atoms with E-state index in [0.29, 0.717) is 6.10 Å². The summed E-state index contributed by atoms with van der Waals surface area (Å²) in [7, 11) is 0. The van der Waals surface area contributed by atoms with Gasteiger partial charge in [-0.3, -0.25) is 0 Å². The molecule has 1 fully saturated rings. The Morgan fingerprint density at radius 2 is 2.00 bits per heavy atom. The van der Waals surface area contributed by atoms with Crippen molar-refractivity contribution in [2.24, 2.45) is 11.1 Å². The average molecular weight is 273 g/mol. The molecule has 2 aliphatic rings. The summed E-state index contributed by atoms with van der Waals surface area (Å²) in [6.07, 6.45) is 8.42. The molecular weight excluding hydrogens is 250 g/mol. The number of rotatable bonds is 3. The van der Waals surface area contributed by atoms with Crippen molar-refractivity contribution in [2.75, 3.05) is 0 Å². The Morgan fingerprint density at radius 3 is 2.70 bits per heavy atom. The van der Waals surface area contributed by atoms with Gasteiger partial charge < -0.3 is 9.94 Å². The molecule has 0 heterocycles. The minimum absolute atomic E-state index is 0.378. The van der Waals surface area contributed by atoms with Crippen LogP contribution < -0.4 is 4.74 Å². The van der Waals surface area contributed by atoms with E-state index in [-0.39, 0.29) is 0 Å². The van der Waals surface area contributed by atoms with Gasteiger partial charge in [0.25, 0.3) is 0 Å². The van der Waals surface area contributed by atoms with Crippen molar-refractivity contribution in [1.82, 2.24) is 0 Å². The maximum Gasteiger partial charge on any atom is 0.120 e. The van der Waals surface area contributed by atoms with Gasteiger partial charge in [-0.1, -0.05) is 18.5 Å². The van der Waals surface area contributed by atoms with Crippen LogP contribution >= 0.6 is 0 Å². The normalized spacial score (nSPS) is 27.6. The molecule has 0 aliphatic heterocycles. The van der Waals surface area contributed by atoms with Crippen molar-refractivity contribution in [1.29, 1.82) is 0 Å². The number of oxime groups is 1. The topological polar surface area (TPSA) is 41.8 Å². The molecule has 3 heteroatoms. The largest absolute Gasteiger partial charge is 0.490 e. The Morgan fingerprint density at radius 1 is 1.20 bits per heavy atom. The second-order valence-electron chi connectivity index (χ2n) is 6.03. The number of nitrogens with zero attached hydrogens (tertiary/aromatic N) is 1. The zero-order valence-electron chi connectivity index (χ0n) is 12.1. The van der Waals surface area contributed by atoms with Crippen LogP contribution in [0.25, 0.3) is 0 Å². The zero-order chi connectivity index (χ0) is 13.9. The summed E-state index contributed by atoms with van der Waals surface area (Å²) in [5.41, 5.74) is 3.13. The first kappa shape index (κ1) is 13.5. The highest BCUT2D eigenvalue weighted by Gasteiger charge is 2.23. The number of fused-ring (bicyclic) bond motifs is 1. The predicted molar refractivity (Wildman–Crippen MR) is 79.8 cm³/mol. The number of hydrogen-bond acceptors (Lipinski definition) is 3. The Bertz CT molecular complexity index is 502. The monoisotopic (exact) mass is 273 g/mol. The van der Waals surface area contributed by atoms with Crippen molar-refractivity contribution in [2.45, 2.75) is 58.0 Å². The lowest BCUT2D eigenvalue weighted by atomic mass is 9.86. The predicted octanol–water partition coefficient (Wildman–Crippen LogP) is 4.16. The van der Waals surface area contributed by atoms with Crippen LogP contribution in [-0.2, 0) is 6.42 Å². The van der Waals surface area contributed by atoms with Gasteiger partial charge in [-0.25, -0.2) is 0 Å². The molecule has 0 amide bonds. The second-order valence-corrected chi connectivity index (χ2v) is 6.03. The Hall–Kier alpha value is -1.51. The molecular formula is C17H23NO2. The van der Waals surface area contributed by atoms with Crippen molar-refractivity contribution < 1.29 is 9.94 Å². The van der Waals surface area contributed by atoms with E-state index in [9.17, 15) is 0 Å².